The molecular weight excluding hydrogens is 182 g/mol. The Labute approximate surface area is 84.5 Å². The smallest absolute Gasteiger partial charge is 0.321 e. The molecule has 1 fully saturated rings. The number of likely N-dealkylation sites (tertiary alicyclic amines) is 1. The van der Waals surface area contributed by atoms with Crippen molar-refractivity contribution in [3.8, 4) is 0 Å². The maximum atomic E-state index is 11.0. The lowest BCUT2D eigenvalue weighted by Crippen LogP contribution is -2.56. The van der Waals surface area contributed by atoms with Gasteiger partial charge in [0.1, 0.15) is 6.04 Å². The van der Waals surface area contributed by atoms with Crippen LogP contribution in [-0.4, -0.2) is 45.3 Å². The van der Waals surface area contributed by atoms with E-state index in [0.29, 0.717) is 19.4 Å². The molecule has 0 aliphatic carbocycles. The zero-order valence-electron chi connectivity index (χ0n) is 9.03. The van der Waals surface area contributed by atoms with Crippen molar-refractivity contribution in [2.75, 3.05) is 6.54 Å². The first-order valence-electron chi connectivity index (χ1n) is 5.00. The zero-order valence-corrected chi connectivity index (χ0v) is 9.03. The van der Waals surface area contributed by atoms with Gasteiger partial charge in [-0.05, 0) is 33.6 Å². The molecule has 4 heteroatoms. The highest BCUT2D eigenvalue weighted by Crippen LogP contribution is 2.25. The van der Waals surface area contributed by atoms with Crippen LogP contribution in [0.4, 0.5) is 0 Å². The summed E-state index contributed by atoms with van der Waals surface area (Å²) in [5.74, 6) is -0.835. The van der Waals surface area contributed by atoms with Crippen molar-refractivity contribution in [2.24, 2.45) is 0 Å². The Morgan fingerprint density at radius 3 is 2.43 bits per heavy atom. The molecule has 0 bridgehead atoms. The molecule has 2 N–H and O–H groups in total. The van der Waals surface area contributed by atoms with Crippen molar-refractivity contribution in [1.82, 2.24) is 4.90 Å². The topological polar surface area (TPSA) is 60.8 Å². The van der Waals surface area contributed by atoms with Gasteiger partial charge in [-0.2, -0.15) is 0 Å². The minimum Gasteiger partial charge on any atom is -0.480 e. The molecule has 1 saturated heterocycles. The summed E-state index contributed by atoms with van der Waals surface area (Å²) >= 11 is 0. The number of carbonyl (C=O) groups is 1. The fourth-order valence-electron chi connectivity index (χ4n) is 1.98. The lowest BCUT2D eigenvalue weighted by molar-refractivity contribution is -0.150. The molecule has 0 spiro atoms. The van der Waals surface area contributed by atoms with Crippen molar-refractivity contribution in [3.05, 3.63) is 0 Å². The van der Waals surface area contributed by atoms with Crippen LogP contribution in [0.2, 0.25) is 0 Å². The lowest BCUT2D eigenvalue weighted by atomic mass is 9.93. The second-order valence-electron chi connectivity index (χ2n) is 4.90. The predicted molar refractivity (Wildman–Crippen MR) is 53.1 cm³/mol. The van der Waals surface area contributed by atoms with Gasteiger partial charge in [-0.1, -0.05) is 0 Å². The zero-order chi connectivity index (χ0) is 10.9. The van der Waals surface area contributed by atoms with Crippen molar-refractivity contribution in [2.45, 2.75) is 51.3 Å². The van der Waals surface area contributed by atoms with Crippen molar-refractivity contribution in [1.29, 1.82) is 0 Å². The van der Waals surface area contributed by atoms with Crippen LogP contribution in [0, 0.1) is 0 Å². The monoisotopic (exact) mass is 201 g/mol. The number of nitrogens with zero attached hydrogens (tertiary/aromatic N) is 1. The Bertz CT molecular complexity index is 222. The molecule has 1 rings (SSSR count). The summed E-state index contributed by atoms with van der Waals surface area (Å²) < 4.78 is 0. The van der Waals surface area contributed by atoms with E-state index in [4.69, 9.17) is 5.11 Å². The molecule has 14 heavy (non-hydrogen) atoms. The predicted octanol–water partition coefficient (Wildman–Crippen LogP) is 0.695. The first kappa shape index (κ1) is 11.5. The highest BCUT2D eigenvalue weighted by atomic mass is 16.4. The molecule has 2 atom stereocenters. The van der Waals surface area contributed by atoms with Crippen LogP contribution in [0.1, 0.15) is 33.6 Å². The molecule has 1 heterocycles. The van der Waals surface area contributed by atoms with Crippen LogP contribution in [0.3, 0.4) is 0 Å². The highest BCUT2D eigenvalue weighted by Gasteiger charge is 2.38. The number of hydrogen-bond donors (Lipinski definition) is 2. The van der Waals surface area contributed by atoms with E-state index in [9.17, 15) is 9.90 Å². The largest absolute Gasteiger partial charge is 0.480 e. The number of carboxylic acid groups (broad SMARTS) is 1. The standard InChI is InChI=1S/C10H19NO3/c1-10(2,3)11-5-4-7(12)6-8(11)9(13)14/h7-8,12H,4-6H2,1-3H3,(H,13,14). The Morgan fingerprint density at radius 1 is 1.43 bits per heavy atom. The summed E-state index contributed by atoms with van der Waals surface area (Å²) in [6.45, 7) is 6.66. The molecule has 0 aromatic heterocycles. The van der Waals surface area contributed by atoms with Crippen molar-refractivity contribution >= 4 is 5.97 Å². The number of piperidine rings is 1. The molecule has 0 saturated carbocycles. The highest BCUT2D eigenvalue weighted by molar-refractivity contribution is 5.73. The summed E-state index contributed by atoms with van der Waals surface area (Å²) in [4.78, 5) is 13.0. The van der Waals surface area contributed by atoms with Gasteiger partial charge in [0, 0.05) is 12.1 Å². The fourth-order valence-corrected chi connectivity index (χ4v) is 1.98. The molecular formula is C10H19NO3. The van der Waals surface area contributed by atoms with Crippen LogP contribution in [0.25, 0.3) is 0 Å². The Kier molecular flexibility index (Phi) is 3.17. The van der Waals surface area contributed by atoms with E-state index >= 15 is 0 Å². The third kappa shape index (κ3) is 2.45. The number of aliphatic hydroxyl groups excluding tert-OH is 1. The summed E-state index contributed by atoms with van der Waals surface area (Å²) in [5.41, 5.74) is -0.150. The number of aliphatic hydroxyl groups is 1. The minimum absolute atomic E-state index is 0.150. The lowest BCUT2D eigenvalue weighted by Gasteiger charge is -2.43. The maximum Gasteiger partial charge on any atom is 0.321 e. The van der Waals surface area contributed by atoms with Gasteiger partial charge in [0.2, 0.25) is 0 Å². The molecule has 82 valence electrons. The van der Waals surface area contributed by atoms with Crippen LogP contribution >= 0.6 is 0 Å². The van der Waals surface area contributed by atoms with E-state index in [2.05, 4.69) is 0 Å². The second kappa shape index (κ2) is 3.87. The van der Waals surface area contributed by atoms with E-state index in [1.165, 1.54) is 0 Å². The van der Waals surface area contributed by atoms with E-state index in [-0.39, 0.29) is 5.54 Å². The van der Waals surface area contributed by atoms with Crippen LogP contribution in [0.5, 0.6) is 0 Å². The summed E-state index contributed by atoms with van der Waals surface area (Å²) in [6.07, 6.45) is 0.544. The molecule has 1 aliphatic heterocycles. The van der Waals surface area contributed by atoms with Crippen molar-refractivity contribution in [3.63, 3.8) is 0 Å². The van der Waals surface area contributed by atoms with Gasteiger partial charge in [-0.25, -0.2) is 0 Å². The van der Waals surface area contributed by atoms with Crippen LogP contribution in [-0.2, 0) is 4.79 Å². The third-order valence-corrected chi connectivity index (χ3v) is 2.72. The summed E-state index contributed by atoms with van der Waals surface area (Å²) in [6, 6.07) is -0.543. The normalized spacial score (nSPS) is 30.3. The number of carboxylic acids is 1. The van der Waals surface area contributed by atoms with Gasteiger partial charge in [0.05, 0.1) is 6.10 Å². The molecule has 2 unspecified atom stereocenters. The molecule has 0 amide bonds. The third-order valence-electron chi connectivity index (χ3n) is 2.72. The summed E-state index contributed by atoms with van der Waals surface area (Å²) in [5, 5.41) is 18.5. The average molecular weight is 201 g/mol. The van der Waals surface area contributed by atoms with Gasteiger partial charge >= 0.3 is 5.97 Å². The first-order valence-corrected chi connectivity index (χ1v) is 5.00. The molecule has 4 nitrogen and oxygen atoms in total. The SMILES string of the molecule is CC(C)(C)N1CCC(O)CC1C(=O)O. The average Bonchev–Trinajstić information content (AvgIpc) is 2.01. The Hall–Kier alpha value is -0.610. The van der Waals surface area contributed by atoms with E-state index < -0.39 is 18.1 Å². The fraction of sp³-hybridized carbons (Fsp3) is 0.900. The van der Waals surface area contributed by atoms with Crippen LogP contribution in [0.15, 0.2) is 0 Å². The number of rotatable bonds is 1. The molecule has 1 aliphatic rings. The molecule has 0 aromatic carbocycles. The van der Waals surface area contributed by atoms with Gasteiger partial charge in [0.15, 0.2) is 0 Å². The number of aliphatic carboxylic acids is 1. The van der Waals surface area contributed by atoms with Crippen molar-refractivity contribution < 1.29 is 15.0 Å². The quantitative estimate of drug-likeness (QED) is 0.655. The maximum absolute atomic E-state index is 11.0. The Morgan fingerprint density at radius 2 is 2.00 bits per heavy atom. The van der Waals surface area contributed by atoms with Gasteiger partial charge in [0.25, 0.3) is 0 Å². The second-order valence-corrected chi connectivity index (χ2v) is 4.90. The van der Waals surface area contributed by atoms with E-state index in [1.54, 1.807) is 0 Å². The molecule has 0 aromatic rings. The van der Waals surface area contributed by atoms with E-state index in [0.717, 1.165) is 0 Å². The van der Waals surface area contributed by atoms with Gasteiger partial charge < -0.3 is 10.2 Å². The van der Waals surface area contributed by atoms with Gasteiger partial charge in [-0.3, -0.25) is 9.69 Å². The minimum atomic E-state index is -0.835. The summed E-state index contributed by atoms with van der Waals surface area (Å²) in [7, 11) is 0. The van der Waals surface area contributed by atoms with Gasteiger partial charge in [-0.15, -0.1) is 0 Å². The first-order chi connectivity index (χ1) is 6.32. The van der Waals surface area contributed by atoms with Crippen LogP contribution < -0.4 is 0 Å². The number of hydrogen-bond acceptors (Lipinski definition) is 3. The Balaban J connectivity index is 2.78. The van der Waals surface area contributed by atoms with E-state index in [1.807, 2.05) is 25.7 Å². The molecule has 0 radical (unpaired) electrons.